The first kappa shape index (κ1) is 14.8. The molecule has 6 heteroatoms. The van der Waals surface area contributed by atoms with Crippen LogP contribution in [0.25, 0.3) is 0 Å². The van der Waals surface area contributed by atoms with Crippen LogP contribution in [0.1, 0.15) is 31.7 Å². The smallest absolute Gasteiger partial charge is 0.174 e. The topological polar surface area (TPSA) is 55.6 Å². The van der Waals surface area contributed by atoms with E-state index in [1.807, 2.05) is 17.8 Å². The number of hydrogen-bond donors (Lipinski definition) is 1. The van der Waals surface area contributed by atoms with Crippen LogP contribution in [0.15, 0.2) is 22.6 Å². The van der Waals surface area contributed by atoms with Gasteiger partial charge in [0.2, 0.25) is 0 Å². The lowest BCUT2D eigenvalue weighted by Crippen LogP contribution is -2.07. The number of rotatable bonds is 6. The summed E-state index contributed by atoms with van der Waals surface area (Å²) in [6, 6.07) is 0. The Labute approximate surface area is 124 Å². The number of anilines is 1. The molecule has 0 atom stereocenters. The lowest BCUT2D eigenvalue weighted by atomic mass is 10.3. The second kappa shape index (κ2) is 6.74. The maximum Gasteiger partial charge on any atom is 0.174 e. The Balaban J connectivity index is 2.37. The van der Waals surface area contributed by atoms with Gasteiger partial charge in [0.05, 0.1) is 0 Å². The summed E-state index contributed by atoms with van der Waals surface area (Å²) < 4.78 is 2.00. The summed E-state index contributed by atoms with van der Waals surface area (Å²) in [5, 5.41) is 5.24. The molecule has 0 spiro atoms. The van der Waals surface area contributed by atoms with E-state index in [1.165, 1.54) is 0 Å². The van der Waals surface area contributed by atoms with Gasteiger partial charge in [-0.05, 0) is 32.0 Å². The highest BCUT2D eigenvalue weighted by Crippen LogP contribution is 2.30. The Hall–Kier alpha value is -1.56. The molecule has 20 heavy (non-hydrogen) atoms. The molecule has 0 saturated carbocycles. The molecule has 5 nitrogen and oxygen atoms in total. The van der Waals surface area contributed by atoms with E-state index < -0.39 is 0 Å². The van der Waals surface area contributed by atoms with Crippen molar-refractivity contribution < 1.29 is 0 Å². The first-order valence-corrected chi connectivity index (χ1v) is 7.73. The van der Waals surface area contributed by atoms with Gasteiger partial charge in [0, 0.05) is 38.0 Å². The Morgan fingerprint density at radius 2 is 2.10 bits per heavy atom. The Bertz CT molecular complexity index is 579. The second-order valence-corrected chi connectivity index (χ2v) is 5.58. The summed E-state index contributed by atoms with van der Waals surface area (Å²) in [5.41, 5.74) is 1.08. The fourth-order valence-corrected chi connectivity index (χ4v) is 2.74. The minimum Gasteiger partial charge on any atom is -0.370 e. The maximum absolute atomic E-state index is 4.68. The maximum atomic E-state index is 4.68. The average Bonchev–Trinajstić information content (AvgIpc) is 2.81. The van der Waals surface area contributed by atoms with Crippen molar-refractivity contribution in [3.63, 3.8) is 0 Å². The van der Waals surface area contributed by atoms with Crippen LogP contribution in [0.2, 0.25) is 0 Å². The van der Waals surface area contributed by atoms with Crippen molar-refractivity contribution in [2.45, 2.75) is 43.8 Å². The monoisotopic (exact) mass is 291 g/mol. The zero-order chi connectivity index (χ0) is 14.5. The van der Waals surface area contributed by atoms with E-state index in [4.69, 9.17) is 0 Å². The molecule has 0 unspecified atom stereocenters. The summed E-state index contributed by atoms with van der Waals surface area (Å²) in [6.07, 6.45) is 5.68. The van der Waals surface area contributed by atoms with Gasteiger partial charge in [0.25, 0.3) is 0 Å². The molecule has 0 aliphatic rings. The number of hydrogen-bond acceptors (Lipinski definition) is 5. The zero-order valence-corrected chi connectivity index (χ0v) is 13.3. The number of imidazole rings is 1. The van der Waals surface area contributed by atoms with E-state index in [1.54, 1.807) is 18.0 Å². The van der Waals surface area contributed by atoms with Crippen LogP contribution in [0.5, 0.6) is 0 Å². The number of nitrogens with zero attached hydrogens (tertiary/aromatic N) is 4. The van der Waals surface area contributed by atoms with Crippen molar-refractivity contribution in [1.82, 2.24) is 19.5 Å². The van der Waals surface area contributed by atoms with Gasteiger partial charge in [0.1, 0.15) is 16.7 Å². The fraction of sp³-hybridized carbons (Fsp3) is 0.500. The number of aryl methyl sites for hydroxylation is 2. The Morgan fingerprint density at radius 1 is 1.30 bits per heavy atom. The molecule has 2 aromatic rings. The molecule has 0 saturated heterocycles. The lowest BCUT2D eigenvalue weighted by Gasteiger charge is -2.12. The van der Waals surface area contributed by atoms with Gasteiger partial charge in [0.15, 0.2) is 5.16 Å². The molecule has 0 aliphatic heterocycles. The van der Waals surface area contributed by atoms with Gasteiger partial charge < -0.3 is 9.88 Å². The number of aromatic nitrogens is 4. The Morgan fingerprint density at radius 3 is 2.70 bits per heavy atom. The quantitative estimate of drug-likeness (QED) is 0.829. The average molecular weight is 291 g/mol. The highest BCUT2D eigenvalue weighted by molar-refractivity contribution is 7.99. The van der Waals surface area contributed by atoms with Crippen LogP contribution in [-0.4, -0.2) is 26.1 Å². The highest BCUT2D eigenvalue weighted by atomic mass is 32.2. The van der Waals surface area contributed by atoms with Crippen molar-refractivity contribution in [2.75, 3.05) is 11.9 Å². The first-order chi connectivity index (χ1) is 9.65. The van der Waals surface area contributed by atoms with Crippen molar-refractivity contribution in [3.05, 3.63) is 23.8 Å². The van der Waals surface area contributed by atoms with E-state index in [0.29, 0.717) is 0 Å². The van der Waals surface area contributed by atoms with E-state index in [-0.39, 0.29) is 0 Å². The van der Waals surface area contributed by atoms with Crippen molar-refractivity contribution in [3.8, 4) is 0 Å². The Kier molecular flexibility index (Phi) is 5.00. The van der Waals surface area contributed by atoms with Gasteiger partial charge in [-0.3, -0.25) is 0 Å². The zero-order valence-electron chi connectivity index (χ0n) is 12.5. The normalized spacial score (nSPS) is 10.8. The predicted octanol–water partition coefficient (Wildman–Crippen LogP) is 3.05. The van der Waals surface area contributed by atoms with Crippen LogP contribution < -0.4 is 5.32 Å². The lowest BCUT2D eigenvalue weighted by molar-refractivity contribution is 0.778. The van der Waals surface area contributed by atoms with E-state index in [0.717, 1.165) is 46.8 Å². The van der Waals surface area contributed by atoms with Crippen LogP contribution >= 0.6 is 11.8 Å². The molecule has 1 N–H and O–H groups in total. The highest BCUT2D eigenvalue weighted by Gasteiger charge is 2.13. The van der Waals surface area contributed by atoms with E-state index in [9.17, 15) is 0 Å². The molecule has 2 rings (SSSR count). The van der Waals surface area contributed by atoms with Gasteiger partial charge in [-0.2, -0.15) is 0 Å². The summed E-state index contributed by atoms with van der Waals surface area (Å²) in [4.78, 5) is 13.6. The summed E-state index contributed by atoms with van der Waals surface area (Å²) in [5.74, 6) is 1.83. The molecular formula is C14H21N5S. The summed E-state index contributed by atoms with van der Waals surface area (Å²) in [7, 11) is 1.99. The van der Waals surface area contributed by atoms with Gasteiger partial charge in [-0.15, -0.1) is 0 Å². The molecule has 0 aromatic carbocycles. The molecular weight excluding hydrogens is 270 g/mol. The third-order valence-electron chi connectivity index (χ3n) is 2.93. The molecule has 0 aliphatic carbocycles. The fourth-order valence-electron chi connectivity index (χ4n) is 1.85. The molecule has 0 fully saturated rings. The minimum atomic E-state index is 0.857. The third kappa shape index (κ3) is 3.30. The van der Waals surface area contributed by atoms with Gasteiger partial charge >= 0.3 is 0 Å². The first-order valence-electron chi connectivity index (χ1n) is 6.92. The summed E-state index contributed by atoms with van der Waals surface area (Å²) >= 11 is 1.59. The minimum absolute atomic E-state index is 0.857. The molecule has 2 heterocycles. The summed E-state index contributed by atoms with van der Waals surface area (Å²) in [6.45, 7) is 7.13. The largest absolute Gasteiger partial charge is 0.370 e. The van der Waals surface area contributed by atoms with Crippen molar-refractivity contribution >= 4 is 17.6 Å². The molecule has 0 bridgehead atoms. The van der Waals surface area contributed by atoms with Crippen molar-refractivity contribution in [1.29, 1.82) is 0 Å². The van der Waals surface area contributed by atoms with Gasteiger partial charge in [-0.1, -0.05) is 6.92 Å². The predicted molar refractivity (Wildman–Crippen MR) is 82.3 cm³/mol. The van der Waals surface area contributed by atoms with Crippen LogP contribution in [0.3, 0.4) is 0 Å². The van der Waals surface area contributed by atoms with Crippen LogP contribution in [0.4, 0.5) is 5.82 Å². The second-order valence-electron chi connectivity index (χ2n) is 4.62. The number of nitrogens with one attached hydrogen (secondary N) is 1. The van der Waals surface area contributed by atoms with Gasteiger partial charge in [-0.25, -0.2) is 15.0 Å². The third-order valence-corrected chi connectivity index (χ3v) is 4.10. The van der Waals surface area contributed by atoms with Crippen LogP contribution in [0, 0.1) is 6.92 Å². The molecule has 108 valence electrons. The van der Waals surface area contributed by atoms with Crippen molar-refractivity contribution in [2.24, 2.45) is 7.05 Å². The molecule has 2 aromatic heterocycles. The van der Waals surface area contributed by atoms with E-state index in [2.05, 4.69) is 41.0 Å². The SMILES string of the molecule is CCCc1nc(NCC)c(C)c(Sc2nccn2C)n1. The van der Waals surface area contributed by atoms with Crippen LogP contribution in [-0.2, 0) is 13.5 Å². The molecule has 0 radical (unpaired) electrons. The van der Waals surface area contributed by atoms with E-state index >= 15 is 0 Å². The standard InChI is InChI=1S/C14H21N5S/c1-5-7-11-17-12(15-6-2)10(3)13(18-11)20-14-16-8-9-19(14)4/h8-9H,5-7H2,1-4H3,(H,15,17,18). The molecule has 0 amide bonds.